The molecule has 1 N–H and O–H groups in total. The van der Waals surface area contributed by atoms with Crippen LogP contribution in [0.2, 0.25) is 5.02 Å². The van der Waals surface area contributed by atoms with Crippen molar-refractivity contribution >= 4 is 45.5 Å². The van der Waals surface area contributed by atoms with Crippen LogP contribution in [-0.2, 0) is 0 Å². The van der Waals surface area contributed by atoms with Crippen LogP contribution in [0.15, 0.2) is 113 Å². The Kier molecular flexibility index (Phi) is 4.48. The molecule has 0 aromatic heterocycles. The fraction of sp³-hybridized carbons (Fsp3) is 0. The molecule has 0 amide bonds. The van der Waals surface area contributed by atoms with E-state index < -0.39 is 0 Å². The topological polar surface area (TPSA) is 12.0 Å². The van der Waals surface area contributed by atoms with Crippen molar-refractivity contribution in [1.29, 1.82) is 0 Å². The molecule has 1 aliphatic heterocycles. The molecule has 1 heterocycles. The predicted octanol–water partition coefficient (Wildman–Crippen LogP) is 9.04. The van der Waals surface area contributed by atoms with E-state index in [-0.39, 0.29) is 0 Å². The van der Waals surface area contributed by atoms with Crippen LogP contribution < -0.4 is 5.32 Å². The number of benzene rings is 5. The molecule has 6 rings (SSSR count). The third-order valence-electron chi connectivity index (χ3n) is 5.71. The Morgan fingerprint density at radius 2 is 1.45 bits per heavy atom. The molecule has 0 unspecified atom stereocenters. The summed E-state index contributed by atoms with van der Waals surface area (Å²) >= 11 is 8.46. The van der Waals surface area contributed by atoms with Crippen LogP contribution in [0.1, 0.15) is 0 Å². The number of anilines is 2. The molecule has 0 bridgehead atoms. The van der Waals surface area contributed by atoms with Gasteiger partial charge in [0.1, 0.15) is 0 Å². The van der Waals surface area contributed by atoms with Gasteiger partial charge >= 0.3 is 0 Å². The van der Waals surface area contributed by atoms with E-state index >= 15 is 0 Å². The summed E-state index contributed by atoms with van der Waals surface area (Å²) in [5, 5.41) is 6.86. The third-order valence-corrected chi connectivity index (χ3v) is 7.14. The molecule has 0 atom stereocenters. The largest absolute Gasteiger partial charge is 0.354 e. The molecule has 148 valence electrons. The Labute approximate surface area is 190 Å². The van der Waals surface area contributed by atoms with Gasteiger partial charge < -0.3 is 5.32 Å². The first-order valence-corrected chi connectivity index (χ1v) is 11.4. The average molecular weight is 436 g/mol. The van der Waals surface area contributed by atoms with Gasteiger partial charge in [-0.25, -0.2) is 0 Å². The Morgan fingerprint density at radius 3 is 2.29 bits per heavy atom. The second-order valence-electron chi connectivity index (χ2n) is 7.66. The fourth-order valence-electron chi connectivity index (χ4n) is 4.22. The Balaban J connectivity index is 1.35. The van der Waals surface area contributed by atoms with E-state index in [1.165, 1.54) is 31.7 Å². The van der Waals surface area contributed by atoms with Gasteiger partial charge in [-0.2, -0.15) is 0 Å². The molecule has 5 aromatic carbocycles. The lowest BCUT2D eigenvalue weighted by Crippen LogP contribution is -1.96. The fourth-order valence-corrected chi connectivity index (χ4v) is 5.64. The van der Waals surface area contributed by atoms with Gasteiger partial charge in [-0.05, 0) is 58.0 Å². The summed E-state index contributed by atoms with van der Waals surface area (Å²) in [5.41, 5.74) is 6.80. The second-order valence-corrected chi connectivity index (χ2v) is 9.15. The molecule has 0 saturated heterocycles. The molecule has 0 radical (unpaired) electrons. The van der Waals surface area contributed by atoms with E-state index in [0.29, 0.717) is 5.02 Å². The summed E-state index contributed by atoms with van der Waals surface area (Å²) < 4.78 is 0. The number of hydrogen-bond acceptors (Lipinski definition) is 2. The molecular weight excluding hydrogens is 418 g/mol. The number of hydrogen-bond donors (Lipinski definition) is 1. The molecule has 0 aliphatic carbocycles. The lowest BCUT2D eigenvalue weighted by Gasteiger charge is -2.21. The van der Waals surface area contributed by atoms with E-state index in [2.05, 4.69) is 78.1 Å². The smallest absolute Gasteiger partial charge is 0.0647 e. The van der Waals surface area contributed by atoms with Crippen molar-refractivity contribution in [3.8, 4) is 22.3 Å². The molecule has 5 aromatic rings. The van der Waals surface area contributed by atoms with Gasteiger partial charge in [-0.15, -0.1) is 0 Å². The minimum absolute atomic E-state index is 0.710. The van der Waals surface area contributed by atoms with Crippen molar-refractivity contribution in [2.24, 2.45) is 0 Å². The number of halogens is 1. The maximum atomic E-state index is 6.63. The zero-order chi connectivity index (χ0) is 20.8. The lowest BCUT2D eigenvalue weighted by molar-refractivity contribution is 1.39. The molecule has 1 aliphatic rings. The highest BCUT2D eigenvalue weighted by Gasteiger charge is 2.19. The highest BCUT2D eigenvalue weighted by molar-refractivity contribution is 7.99. The average Bonchev–Trinajstić information content (AvgIpc) is 2.81. The monoisotopic (exact) mass is 435 g/mol. The van der Waals surface area contributed by atoms with E-state index in [4.69, 9.17) is 11.6 Å². The maximum Gasteiger partial charge on any atom is 0.0647 e. The normalized spacial score (nSPS) is 11.9. The van der Waals surface area contributed by atoms with Crippen LogP contribution in [0.5, 0.6) is 0 Å². The summed E-state index contributed by atoms with van der Waals surface area (Å²) in [6.07, 6.45) is 0. The summed E-state index contributed by atoms with van der Waals surface area (Å²) in [5.74, 6) is 0. The van der Waals surface area contributed by atoms with Gasteiger partial charge in [0.25, 0.3) is 0 Å². The Morgan fingerprint density at radius 1 is 0.613 bits per heavy atom. The number of nitrogens with one attached hydrogen (secondary N) is 1. The molecular formula is C28H18ClNS. The highest BCUT2D eigenvalue weighted by Crippen LogP contribution is 2.48. The first-order chi connectivity index (χ1) is 15.3. The molecule has 31 heavy (non-hydrogen) atoms. The first kappa shape index (κ1) is 18.6. The van der Waals surface area contributed by atoms with Gasteiger partial charge in [0.05, 0.1) is 10.7 Å². The highest BCUT2D eigenvalue weighted by atomic mass is 35.5. The van der Waals surface area contributed by atoms with Crippen molar-refractivity contribution in [2.75, 3.05) is 5.32 Å². The minimum atomic E-state index is 0.710. The van der Waals surface area contributed by atoms with E-state index in [1.54, 1.807) is 0 Å². The van der Waals surface area contributed by atoms with E-state index in [0.717, 1.165) is 22.5 Å². The standard InChI is InChI=1S/C28H18ClNS/c29-24-16-20(18-6-2-1-3-7-18)12-15-25(24)30-21-13-14-22-23-10-4-8-19-9-5-11-26(28(19)23)31-27(22)17-21/h1-17,30H. The summed E-state index contributed by atoms with van der Waals surface area (Å²) in [6.45, 7) is 0. The molecule has 1 nitrogen and oxygen atoms in total. The Hall–Kier alpha value is -3.20. The molecule has 0 spiro atoms. The summed E-state index contributed by atoms with van der Waals surface area (Å²) in [4.78, 5) is 2.57. The van der Waals surface area contributed by atoms with Gasteiger partial charge in [0, 0.05) is 20.9 Å². The van der Waals surface area contributed by atoms with Gasteiger partial charge in [0.2, 0.25) is 0 Å². The summed E-state index contributed by atoms with van der Waals surface area (Å²) in [6, 6.07) is 36.1. The number of rotatable bonds is 3. The quantitative estimate of drug-likeness (QED) is 0.297. The van der Waals surface area contributed by atoms with Gasteiger partial charge in [-0.3, -0.25) is 0 Å². The molecule has 0 saturated carbocycles. The molecule has 3 heteroatoms. The predicted molar refractivity (Wildman–Crippen MR) is 134 cm³/mol. The van der Waals surface area contributed by atoms with Crippen molar-refractivity contribution in [3.05, 3.63) is 108 Å². The zero-order valence-electron chi connectivity index (χ0n) is 16.6. The molecule has 0 fully saturated rings. The van der Waals surface area contributed by atoms with Crippen molar-refractivity contribution in [2.45, 2.75) is 9.79 Å². The van der Waals surface area contributed by atoms with Crippen LogP contribution in [0.4, 0.5) is 11.4 Å². The van der Waals surface area contributed by atoms with Crippen molar-refractivity contribution < 1.29 is 0 Å². The minimum Gasteiger partial charge on any atom is -0.354 e. The van der Waals surface area contributed by atoms with Crippen LogP contribution in [0.25, 0.3) is 33.0 Å². The van der Waals surface area contributed by atoms with Crippen molar-refractivity contribution in [3.63, 3.8) is 0 Å². The number of fused-ring (bicyclic) bond motifs is 2. The first-order valence-electron chi connectivity index (χ1n) is 10.2. The van der Waals surface area contributed by atoms with Gasteiger partial charge in [-0.1, -0.05) is 96.2 Å². The summed E-state index contributed by atoms with van der Waals surface area (Å²) in [7, 11) is 0. The van der Waals surface area contributed by atoms with Crippen LogP contribution in [0.3, 0.4) is 0 Å². The van der Waals surface area contributed by atoms with Crippen molar-refractivity contribution in [1.82, 2.24) is 0 Å². The SMILES string of the molecule is Clc1cc(-c2ccccc2)ccc1Nc1ccc2c(c1)Sc1cccc3cccc-2c13. The zero-order valence-corrected chi connectivity index (χ0v) is 18.2. The van der Waals surface area contributed by atoms with Crippen LogP contribution in [-0.4, -0.2) is 0 Å². The van der Waals surface area contributed by atoms with Crippen LogP contribution >= 0.6 is 23.4 Å². The van der Waals surface area contributed by atoms with Gasteiger partial charge in [0.15, 0.2) is 0 Å². The van der Waals surface area contributed by atoms with Crippen LogP contribution in [0, 0.1) is 0 Å². The lowest BCUT2D eigenvalue weighted by atomic mass is 9.97. The Bertz CT molecular complexity index is 1440. The maximum absolute atomic E-state index is 6.63. The van der Waals surface area contributed by atoms with E-state index in [1.807, 2.05) is 42.1 Å². The van der Waals surface area contributed by atoms with E-state index in [9.17, 15) is 0 Å². The third kappa shape index (κ3) is 3.29. The second kappa shape index (κ2) is 7.49.